The third-order valence-corrected chi connectivity index (χ3v) is 2.92. The van der Waals surface area contributed by atoms with Crippen LogP contribution in [0.4, 0.5) is 0 Å². The quantitative estimate of drug-likeness (QED) is 0.881. The Labute approximate surface area is 120 Å². The van der Waals surface area contributed by atoms with E-state index in [1.165, 1.54) is 13.0 Å². The lowest BCUT2D eigenvalue weighted by Gasteiger charge is -2.11. The number of rotatable bonds is 4. The number of hydrogen-bond acceptors (Lipinski definition) is 4. The van der Waals surface area contributed by atoms with Gasteiger partial charge in [-0.1, -0.05) is 11.6 Å². The predicted molar refractivity (Wildman–Crippen MR) is 74.8 cm³/mol. The molecule has 20 heavy (non-hydrogen) atoms. The summed E-state index contributed by atoms with van der Waals surface area (Å²) in [6.07, 6.45) is -0.876. The molecule has 1 heterocycles. The first-order valence-corrected chi connectivity index (χ1v) is 6.57. The van der Waals surface area contributed by atoms with E-state index in [9.17, 15) is 9.59 Å². The van der Waals surface area contributed by atoms with E-state index in [-0.39, 0.29) is 11.7 Å². The molecule has 0 unspecified atom stereocenters. The molecule has 2 aromatic rings. The fourth-order valence-electron chi connectivity index (χ4n) is 1.70. The first kappa shape index (κ1) is 14.4. The van der Waals surface area contributed by atoms with Crippen LogP contribution in [0.1, 0.15) is 24.4 Å². The van der Waals surface area contributed by atoms with Crippen LogP contribution in [-0.2, 0) is 9.53 Å². The van der Waals surface area contributed by atoms with Crippen molar-refractivity contribution in [3.05, 3.63) is 35.0 Å². The minimum Gasteiger partial charge on any atom is -0.449 e. The number of halogens is 1. The highest BCUT2D eigenvalue weighted by molar-refractivity contribution is 6.31. The molecule has 0 aliphatic heterocycles. The number of nitrogens with one attached hydrogen (secondary N) is 1. The van der Waals surface area contributed by atoms with Crippen LogP contribution in [-0.4, -0.2) is 24.5 Å². The lowest BCUT2D eigenvalue weighted by Crippen LogP contribution is -2.35. The second kappa shape index (κ2) is 5.96. The molecule has 1 atom stereocenters. The van der Waals surface area contributed by atoms with Crippen molar-refractivity contribution in [3.8, 4) is 0 Å². The highest BCUT2D eigenvalue weighted by Crippen LogP contribution is 2.23. The maximum atomic E-state index is 11.9. The Morgan fingerprint density at radius 3 is 2.85 bits per heavy atom. The number of esters is 1. The zero-order valence-corrected chi connectivity index (χ0v) is 11.9. The SMILES string of the molecule is CCNC(=O)[C@@H](C)OC(=O)c1cc2cc(Cl)ccc2o1. The van der Waals surface area contributed by atoms with Crippen molar-refractivity contribution in [1.82, 2.24) is 5.32 Å². The molecule has 0 saturated carbocycles. The molecule has 0 fully saturated rings. The summed E-state index contributed by atoms with van der Waals surface area (Å²) < 4.78 is 10.4. The summed E-state index contributed by atoms with van der Waals surface area (Å²) in [6.45, 7) is 3.77. The molecular weight excluding hydrogens is 282 g/mol. The van der Waals surface area contributed by atoms with Gasteiger partial charge in [-0.05, 0) is 38.1 Å². The maximum absolute atomic E-state index is 11.9. The lowest BCUT2D eigenvalue weighted by molar-refractivity contribution is -0.129. The van der Waals surface area contributed by atoms with Gasteiger partial charge in [-0.2, -0.15) is 0 Å². The highest BCUT2D eigenvalue weighted by atomic mass is 35.5. The Hall–Kier alpha value is -2.01. The second-order valence-electron chi connectivity index (χ2n) is 4.23. The summed E-state index contributed by atoms with van der Waals surface area (Å²) in [5, 5.41) is 3.83. The molecule has 6 heteroatoms. The summed E-state index contributed by atoms with van der Waals surface area (Å²) >= 11 is 5.86. The minimum absolute atomic E-state index is 0.0402. The number of hydrogen-bond donors (Lipinski definition) is 1. The molecule has 0 radical (unpaired) electrons. The van der Waals surface area contributed by atoms with Gasteiger partial charge >= 0.3 is 5.97 Å². The van der Waals surface area contributed by atoms with Crippen molar-refractivity contribution in [2.45, 2.75) is 20.0 Å². The average molecular weight is 296 g/mol. The number of likely N-dealkylation sites (N-methyl/N-ethyl adjacent to an activating group) is 1. The Kier molecular flexibility index (Phi) is 4.29. The van der Waals surface area contributed by atoms with E-state index < -0.39 is 12.1 Å². The van der Waals surface area contributed by atoms with Crippen LogP contribution in [0, 0.1) is 0 Å². The third-order valence-electron chi connectivity index (χ3n) is 2.68. The number of amides is 1. The molecule has 106 valence electrons. The molecule has 0 bridgehead atoms. The van der Waals surface area contributed by atoms with E-state index in [4.69, 9.17) is 20.8 Å². The topological polar surface area (TPSA) is 68.5 Å². The Morgan fingerprint density at radius 2 is 2.15 bits per heavy atom. The smallest absolute Gasteiger partial charge is 0.375 e. The van der Waals surface area contributed by atoms with Gasteiger partial charge in [0, 0.05) is 17.0 Å². The van der Waals surface area contributed by atoms with Crippen LogP contribution in [0.25, 0.3) is 11.0 Å². The largest absolute Gasteiger partial charge is 0.449 e. The molecule has 1 aromatic carbocycles. The first-order valence-electron chi connectivity index (χ1n) is 6.19. The van der Waals surface area contributed by atoms with Crippen LogP contribution in [0.3, 0.4) is 0 Å². The maximum Gasteiger partial charge on any atom is 0.375 e. The van der Waals surface area contributed by atoms with E-state index in [0.29, 0.717) is 22.5 Å². The Balaban J connectivity index is 2.13. The Bertz CT molecular complexity index is 650. The van der Waals surface area contributed by atoms with E-state index >= 15 is 0 Å². The standard InChI is InChI=1S/C14H14ClNO4/c1-3-16-13(17)8(2)19-14(18)12-7-9-6-10(15)4-5-11(9)20-12/h4-8H,3H2,1-2H3,(H,16,17)/t8-/m1/s1. The predicted octanol–water partition coefficient (Wildman–Crippen LogP) is 2.77. The normalized spacial score (nSPS) is 12.2. The van der Waals surface area contributed by atoms with Gasteiger partial charge in [-0.25, -0.2) is 4.79 Å². The first-order chi connectivity index (χ1) is 9.51. The number of benzene rings is 1. The monoisotopic (exact) mass is 295 g/mol. The number of fused-ring (bicyclic) bond motifs is 1. The van der Waals surface area contributed by atoms with Gasteiger partial charge in [0.2, 0.25) is 5.76 Å². The van der Waals surface area contributed by atoms with Gasteiger partial charge < -0.3 is 14.5 Å². The molecule has 2 rings (SSSR count). The molecule has 0 spiro atoms. The second-order valence-corrected chi connectivity index (χ2v) is 4.67. The van der Waals surface area contributed by atoms with E-state index in [1.807, 2.05) is 0 Å². The number of furan rings is 1. The van der Waals surface area contributed by atoms with Crippen molar-refractivity contribution < 1.29 is 18.7 Å². The summed E-state index contributed by atoms with van der Waals surface area (Å²) in [7, 11) is 0. The van der Waals surface area contributed by atoms with Gasteiger partial charge in [0.1, 0.15) is 5.58 Å². The van der Waals surface area contributed by atoms with Gasteiger partial charge in [-0.15, -0.1) is 0 Å². The summed E-state index contributed by atoms with van der Waals surface area (Å²) in [5.41, 5.74) is 0.534. The van der Waals surface area contributed by atoms with E-state index in [0.717, 1.165) is 0 Å². The molecule has 5 nitrogen and oxygen atoms in total. The van der Waals surface area contributed by atoms with Crippen molar-refractivity contribution in [1.29, 1.82) is 0 Å². The molecule has 1 amide bonds. The summed E-state index contributed by atoms with van der Waals surface area (Å²) in [6, 6.07) is 6.56. The van der Waals surface area contributed by atoms with E-state index in [1.54, 1.807) is 25.1 Å². The van der Waals surface area contributed by atoms with Crippen LogP contribution in [0.15, 0.2) is 28.7 Å². The number of carbonyl (C=O) groups excluding carboxylic acids is 2. The third kappa shape index (κ3) is 3.11. The number of ether oxygens (including phenoxy) is 1. The zero-order chi connectivity index (χ0) is 14.7. The molecule has 1 N–H and O–H groups in total. The molecule has 0 saturated heterocycles. The lowest BCUT2D eigenvalue weighted by atomic mass is 10.2. The fourth-order valence-corrected chi connectivity index (χ4v) is 1.89. The average Bonchev–Trinajstić information content (AvgIpc) is 2.81. The highest BCUT2D eigenvalue weighted by Gasteiger charge is 2.21. The van der Waals surface area contributed by atoms with Gasteiger partial charge in [0.15, 0.2) is 6.10 Å². The zero-order valence-electron chi connectivity index (χ0n) is 11.1. The molecule has 0 aliphatic carbocycles. The van der Waals surface area contributed by atoms with Gasteiger partial charge in [0.25, 0.3) is 5.91 Å². The van der Waals surface area contributed by atoms with Crippen molar-refractivity contribution >= 4 is 34.4 Å². The van der Waals surface area contributed by atoms with Crippen molar-refractivity contribution in [2.24, 2.45) is 0 Å². The van der Waals surface area contributed by atoms with Gasteiger partial charge in [0.05, 0.1) is 0 Å². The van der Waals surface area contributed by atoms with Crippen molar-refractivity contribution in [3.63, 3.8) is 0 Å². The van der Waals surface area contributed by atoms with Crippen LogP contribution < -0.4 is 5.32 Å². The minimum atomic E-state index is -0.876. The number of carbonyl (C=O) groups is 2. The van der Waals surface area contributed by atoms with Gasteiger partial charge in [-0.3, -0.25) is 4.79 Å². The molecular formula is C14H14ClNO4. The van der Waals surface area contributed by atoms with E-state index in [2.05, 4.69) is 5.32 Å². The van der Waals surface area contributed by atoms with Crippen LogP contribution >= 0.6 is 11.6 Å². The summed E-state index contributed by atoms with van der Waals surface area (Å²) in [4.78, 5) is 23.4. The molecule has 1 aromatic heterocycles. The van der Waals surface area contributed by atoms with Crippen LogP contribution in [0.5, 0.6) is 0 Å². The summed E-state index contributed by atoms with van der Waals surface area (Å²) in [5.74, 6) is -0.991. The fraction of sp³-hybridized carbons (Fsp3) is 0.286. The Morgan fingerprint density at radius 1 is 1.40 bits per heavy atom. The van der Waals surface area contributed by atoms with Crippen molar-refractivity contribution in [2.75, 3.05) is 6.54 Å². The van der Waals surface area contributed by atoms with Crippen LogP contribution in [0.2, 0.25) is 5.02 Å². The molecule has 0 aliphatic rings.